The summed E-state index contributed by atoms with van der Waals surface area (Å²) in [7, 11) is 0. The fraction of sp³-hybridized carbons (Fsp3) is 0.526. The Morgan fingerprint density at radius 3 is 2.36 bits per heavy atom. The molecule has 0 aliphatic rings. The molecule has 0 saturated heterocycles. The van der Waals surface area contributed by atoms with Crippen molar-refractivity contribution in [3.05, 3.63) is 35.4 Å². The van der Waals surface area contributed by atoms with Crippen molar-refractivity contribution in [3.8, 4) is 11.8 Å². The van der Waals surface area contributed by atoms with Gasteiger partial charge in [-0.1, -0.05) is 44.4 Å². The molecule has 120 valence electrons. The number of aliphatic hydroxyl groups is 1. The molecule has 1 rings (SSSR count). The van der Waals surface area contributed by atoms with Crippen molar-refractivity contribution in [2.24, 2.45) is 0 Å². The number of rotatable bonds is 7. The van der Waals surface area contributed by atoms with Gasteiger partial charge in [-0.3, -0.25) is 4.79 Å². The predicted octanol–water partition coefficient (Wildman–Crippen LogP) is 3.51. The lowest BCUT2D eigenvalue weighted by Gasteiger charge is -2.06. The molecule has 0 heterocycles. The van der Waals surface area contributed by atoms with E-state index in [1.54, 1.807) is 38.1 Å². The van der Waals surface area contributed by atoms with Gasteiger partial charge in [-0.2, -0.15) is 0 Å². The average molecular weight is 301 g/mol. The van der Waals surface area contributed by atoms with Crippen molar-refractivity contribution in [1.82, 2.24) is 5.32 Å². The number of amides is 1. The molecule has 0 bridgehead atoms. The maximum atomic E-state index is 12.0. The summed E-state index contributed by atoms with van der Waals surface area (Å²) in [5.41, 5.74) is 0.425. The third kappa shape index (κ3) is 7.85. The summed E-state index contributed by atoms with van der Waals surface area (Å²) in [6, 6.07) is 7.13. The van der Waals surface area contributed by atoms with Gasteiger partial charge in [-0.15, -0.1) is 0 Å². The monoisotopic (exact) mass is 301 g/mol. The van der Waals surface area contributed by atoms with Crippen molar-refractivity contribution in [2.45, 2.75) is 58.5 Å². The quantitative estimate of drug-likeness (QED) is 0.598. The number of carbonyl (C=O) groups excluding carboxylic acids is 1. The zero-order valence-electron chi connectivity index (χ0n) is 13.9. The highest BCUT2D eigenvalue weighted by molar-refractivity contribution is 5.94. The van der Waals surface area contributed by atoms with Crippen LogP contribution in [-0.4, -0.2) is 23.2 Å². The third-order valence-corrected chi connectivity index (χ3v) is 3.23. The minimum atomic E-state index is -1.01. The summed E-state index contributed by atoms with van der Waals surface area (Å²) >= 11 is 0. The molecule has 0 aliphatic heterocycles. The van der Waals surface area contributed by atoms with Gasteiger partial charge in [0.2, 0.25) is 0 Å². The Hall–Kier alpha value is -1.79. The van der Waals surface area contributed by atoms with Crippen LogP contribution < -0.4 is 5.32 Å². The van der Waals surface area contributed by atoms with E-state index >= 15 is 0 Å². The Morgan fingerprint density at radius 1 is 1.14 bits per heavy atom. The summed E-state index contributed by atoms with van der Waals surface area (Å²) in [6.07, 6.45) is 5.93. The smallest absolute Gasteiger partial charge is 0.251 e. The molecular weight excluding hydrogens is 274 g/mol. The Balaban J connectivity index is 2.42. The molecule has 1 aromatic carbocycles. The fourth-order valence-electron chi connectivity index (χ4n) is 1.96. The second kappa shape index (κ2) is 9.27. The maximum Gasteiger partial charge on any atom is 0.251 e. The van der Waals surface area contributed by atoms with Crippen LogP contribution in [0.3, 0.4) is 0 Å². The highest BCUT2D eigenvalue weighted by atomic mass is 16.3. The molecule has 0 atom stereocenters. The molecule has 0 fully saturated rings. The molecule has 0 radical (unpaired) electrons. The Kier molecular flexibility index (Phi) is 7.70. The zero-order chi connectivity index (χ0) is 16.4. The van der Waals surface area contributed by atoms with E-state index < -0.39 is 5.60 Å². The van der Waals surface area contributed by atoms with E-state index in [1.807, 2.05) is 0 Å². The summed E-state index contributed by atoms with van der Waals surface area (Å²) in [4.78, 5) is 12.0. The van der Waals surface area contributed by atoms with Gasteiger partial charge in [0, 0.05) is 17.7 Å². The van der Waals surface area contributed by atoms with E-state index in [9.17, 15) is 9.90 Å². The van der Waals surface area contributed by atoms with Crippen LogP contribution in [0.25, 0.3) is 0 Å². The van der Waals surface area contributed by atoms with Gasteiger partial charge < -0.3 is 10.4 Å². The van der Waals surface area contributed by atoms with Gasteiger partial charge in [0.05, 0.1) is 0 Å². The Morgan fingerprint density at radius 2 is 1.77 bits per heavy atom. The molecule has 3 nitrogen and oxygen atoms in total. The first kappa shape index (κ1) is 18.3. The van der Waals surface area contributed by atoms with Crippen LogP contribution >= 0.6 is 0 Å². The molecule has 1 aromatic rings. The second-order valence-electron chi connectivity index (χ2n) is 6.06. The van der Waals surface area contributed by atoms with Gasteiger partial charge in [0.15, 0.2) is 0 Å². The fourth-order valence-corrected chi connectivity index (χ4v) is 1.96. The SMILES string of the molecule is CCCCCCCNC(=O)c1ccc(C#CC(C)(C)O)cc1. The van der Waals surface area contributed by atoms with Crippen molar-refractivity contribution in [2.75, 3.05) is 6.54 Å². The van der Waals surface area contributed by atoms with E-state index in [4.69, 9.17) is 0 Å². The van der Waals surface area contributed by atoms with Crippen molar-refractivity contribution < 1.29 is 9.90 Å². The summed E-state index contributed by atoms with van der Waals surface area (Å²) in [5.74, 6) is 5.60. The van der Waals surface area contributed by atoms with Gasteiger partial charge in [-0.05, 0) is 44.5 Å². The Bertz CT molecular complexity index is 515. The van der Waals surface area contributed by atoms with Crippen LogP contribution in [0.4, 0.5) is 0 Å². The van der Waals surface area contributed by atoms with Crippen LogP contribution in [0.2, 0.25) is 0 Å². The largest absolute Gasteiger partial charge is 0.378 e. The topological polar surface area (TPSA) is 49.3 Å². The maximum absolute atomic E-state index is 12.0. The third-order valence-electron chi connectivity index (χ3n) is 3.23. The number of nitrogens with one attached hydrogen (secondary N) is 1. The lowest BCUT2D eigenvalue weighted by Crippen LogP contribution is -2.24. The van der Waals surface area contributed by atoms with E-state index in [1.165, 1.54) is 25.7 Å². The molecule has 0 spiro atoms. The average Bonchev–Trinajstić information content (AvgIpc) is 2.48. The van der Waals surface area contributed by atoms with Crippen molar-refractivity contribution in [3.63, 3.8) is 0 Å². The standard InChI is InChI=1S/C19H27NO2/c1-4-5-6-7-8-15-20-18(21)17-11-9-16(10-12-17)13-14-19(2,3)22/h9-12,22H,4-8,15H2,1-3H3,(H,20,21). The number of hydrogen-bond acceptors (Lipinski definition) is 2. The first-order valence-corrected chi connectivity index (χ1v) is 8.06. The minimum Gasteiger partial charge on any atom is -0.378 e. The van der Waals surface area contributed by atoms with Crippen LogP contribution in [0.5, 0.6) is 0 Å². The van der Waals surface area contributed by atoms with Crippen molar-refractivity contribution >= 4 is 5.91 Å². The Labute approximate surface area is 134 Å². The number of benzene rings is 1. The van der Waals surface area contributed by atoms with Crippen LogP contribution in [-0.2, 0) is 0 Å². The molecule has 22 heavy (non-hydrogen) atoms. The molecule has 0 aromatic heterocycles. The van der Waals surface area contributed by atoms with E-state index in [0.29, 0.717) is 5.56 Å². The van der Waals surface area contributed by atoms with Gasteiger partial charge in [0.25, 0.3) is 5.91 Å². The highest BCUT2D eigenvalue weighted by Gasteiger charge is 2.06. The number of unbranched alkanes of at least 4 members (excludes halogenated alkanes) is 4. The summed E-state index contributed by atoms with van der Waals surface area (Å²) in [5, 5.41) is 12.5. The minimum absolute atomic E-state index is 0.0440. The summed E-state index contributed by atoms with van der Waals surface area (Å²) < 4.78 is 0. The zero-order valence-corrected chi connectivity index (χ0v) is 13.9. The lowest BCUT2D eigenvalue weighted by atomic mass is 10.1. The van der Waals surface area contributed by atoms with E-state index in [-0.39, 0.29) is 5.91 Å². The van der Waals surface area contributed by atoms with Crippen molar-refractivity contribution in [1.29, 1.82) is 0 Å². The van der Waals surface area contributed by atoms with Gasteiger partial charge in [0.1, 0.15) is 5.60 Å². The van der Waals surface area contributed by atoms with E-state index in [2.05, 4.69) is 24.1 Å². The van der Waals surface area contributed by atoms with Gasteiger partial charge in [-0.25, -0.2) is 0 Å². The van der Waals surface area contributed by atoms with Crippen LogP contribution in [0, 0.1) is 11.8 Å². The van der Waals surface area contributed by atoms with Crippen LogP contribution in [0.1, 0.15) is 68.8 Å². The molecule has 0 unspecified atom stereocenters. The van der Waals surface area contributed by atoms with Crippen LogP contribution in [0.15, 0.2) is 24.3 Å². The van der Waals surface area contributed by atoms with E-state index in [0.717, 1.165) is 18.5 Å². The normalized spacial score (nSPS) is 10.7. The molecular formula is C19H27NO2. The molecule has 3 heteroatoms. The molecule has 0 aliphatic carbocycles. The first-order chi connectivity index (χ1) is 10.4. The molecule has 0 saturated carbocycles. The highest BCUT2D eigenvalue weighted by Crippen LogP contribution is 2.06. The lowest BCUT2D eigenvalue weighted by molar-refractivity contribution is 0.0953. The molecule has 1 amide bonds. The molecule has 2 N–H and O–H groups in total. The second-order valence-corrected chi connectivity index (χ2v) is 6.06. The predicted molar refractivity (Wildman–Crippen MR) is 90.7 cm³/mol. The van der Waals surface area contributed by atoms with Gasteiger partial charge >= 0.3 is 0 Å². The summed E-state index contributed by atoms with van der Waals surface area (Å²) in [6.45, 7) is 6.20. The number of hydrogen-bond donors (Lipinski definition) is 2. The first-order valence-electron chi connectivity index (χ1n) is 8.06. The number of carbonyl (C=O) groups is 1.